The van der Waals surface area contributed by atoms with Gasteiger partial charge < -0.3 is 46.2 Å². The fourth-order valence-corrected chi connectivity index (χ4v) is 5.98. The maximum absolute atomic E-state index is 13.6. The third kappa shape index (κ3) is 11.8. The summed E-state index contributed by atoms with van der Waals surface area (Å²) in [7, 11) is 0. The van der Waals surface area contributed by atoms with Crippen LogP contribution in [0.4, 0.5) is 0 Å². The van der Waals surface area contributed by atoms with Gasteiger partial charge in [0.25, 0.3) is 0 Å². The molecule has 2 aromatic rings. The summed E-state index contributed by atoms with van der Waals surface area (Å²) < 4.78 is 10.8. The predicted octanol–water partition coefficient (Wildman–Crippen LogP) is -0.763. The Morgan fingerprint density at radius 1 is 1.02 bits per heavy atom. The Balaban J connectivity index is 1.56. The van der Waals surface area contributed by atoms with E-state index >= 15 is 0 Å². The highest BCUT2D eigenvalue weighted by molar-refractivity contribution is 5.97. The zero-order valence-electron chi connectivity index (χ0n) is 28.4. The van der Waals surface area contributed by atoms with E-state index in [4.69, 9.17) is 14.9 Å². The molecule has 15 heteroatoms. The SMILES string of the molecule is C[C@@H]1CC[C@@H]2CN1C(=O)/C=C/C(=O)NCC[C@@H](C(=O)NCCOCCN)NC(O)Cc1ccccc1CNC(=O)[C@H](Cc1ccco1)NC2=O. The molecule has 272 valence electrons. The standard InChI is InChI=1S/C35H49N7O8/c1-23-8-9-26-22-42(23)32(45)11-10-30(43)37-14-12-28(34(47)38-15-18-49-17-13-36)40-31(44)19-24-5-2-3-6-25(24)21-39-35(48)29(41-33(26)46)20-27-7-4-16-50-27/h2-7,10-11,16,23,26,28-29,31,40,44H,8-9,12-15,17-22,36H2,1H3,(H,37,43)(H,38,47)(H,39,48)(H,41,46)/b11-10+/t23-,26-,28+,29+,31?/m1/s1. The van der Waals surface area contributed by atoms with Crippen LogP contribution >= 0.6 is 0 Å². The molecule has 4 rings (SSSR count). The summed E-state index contributed by atoms with van der Waals surface area (Å²) >= 11 is 0. The number of nitrogens with zero attached hydrogens (tertiary/aromatic N) is 1. The maximum atomic E-state index is 13.6. The molecule has 1 unspecified atom stereocenters. The van der Waals surface area contributed by atoms with E-state index in [9.17, 15) is 29.1 Å². The third-order valence-corrected chi connectivity index (χ3v) is 8.77. The second kappa shape index (κ2) is 19.6. The normalized spacial score (nSPS) is 25.2. The van der Waals surface area contributed by atoms with Gasteiger partial charge in [0.05, 0.1) is 31.4 Å². The first-order valence-electron chi connectivity index (χ1n) is 17.1. The van der Waals surface area contributed by atoms with Gasteiger partial charge in [0.1, 0.15) is 18.0 Å². The molecule has 1 aromatic heterocycles. The molecule has 8 N–H and O–H groups in total. The van der Waals surface area contributed by atoms with E-state index in [-0.39, 0.29) is 64.0 Å². The molecule has 1 fully saturated rings. The van der Waals surface area contributed by atoms with E-state index in [0.29, 0.717) is 31.8 Å². The van der Waals surface area contributed by atoms with Crippen molar-refractivity contribution in [2.75, 3.05) is 39.4 Å². The number of carbonyl (C=O) groups excluding carboxylic acids is 5. The van der Waals surface area contributed by atoms with Crippen LogP contribution in [0, 0.1) is 5.92 Å². The summed E-state index contributed by atoms with van der Waals surface area (Å²) in [4.78, 5) is 67.6. The van der Waals surface area contributed by atoms with Crippen LogP contribution in [0.2, 0.25) is 0 Å². The first-order valence-corrected chi connectivity index (χ1v) is 17.1. The van der Waals surface area contributed by atoms with Crippen molar-refractivity contribution in [3.05, 3.63) is 71.7 Å². The van der Waals surface area contributed by atoms with Gasteiger partial charge in [0, 0.05) is 63.8 Å². The molecule has 0 radical (unpaired) electrons. The smallest absolute Gasteiger partial charge is 0.247 e. The van der Waals surface area contributed by atoms with Crippen LogP contribution in [-0.4, -0.2) is 103 Å². The second-order valence-corrected chi connectivity index (χ2v) is 12.5. The minimum Gasteiger partial charge on any atom is -0.469 e. The quantitative estimate of drug-likeness (QED) is 0.171. The van der Waals surface area contributed by atoms with Gasteiger partial charge in [0.2, 0.25) is 29.5 Å². The van der Waals surface area contributed by atoms with E-state index in [2.05, 4.69) is 26.6 Å². The maximum Gasteiger partial charge on any atom is 0.247 e. The molecule has 1 aromatic carbocycles. The van der Waals surface area contributed by atoms with Crippen molar-refractivity contribution in [1.29, 1.82) is 0 Å². The van der Waals surface area contributed by atoms with Crippen LogP contribution in [-0.2, 0) is 48.1 Å². The van der Waals surface area contributed by atoms with E-state index in [1.165, 1.54) is 6.26 Å². The van der Waals surface area contributed by atoms with Crippen molar-refractivity contribution in [1.82, 2.24) is 31.5 Å². The molecule has 50 heavy (non-hydrogen) atoms. The fourth-order valence-electron chi connectivity index (χ4n) is 5.98. The van der Waals surface area contributed by atoms with Gasteiger partial charge in [0.15, 0.2) is 0 Å². The molecule has 1 saturated heterocycles. The number of rotatable bonds is 8. The molecule has 2 bridgehead atoms. The molecule has 5 atom stereocenters. The van der Waals surface area contributed by atoms with Gasteiger partial charge in [-0.05, 0) is 49.4 Å². The largest absolute Gasteiger partial charge is 0.469 e. The first-order chi connectivity index (χ1) is 24.1. The summed E-state index contributed by atoms with van der Waals surface area (Å²) in [5.74, 6) is -2.18. The number of benzene rings is 1. The molecule has 0 aliphatic carbocycles. The number of amides is 5. The summed E-state index contributed by atoms with van der Waals surface area (Å²) in [5, 5.41) is 25.3. The number of furan rings is 1. The molecule has 2 aliphatic rings. The van der Waals surface area contributed by atoms with Gasteiger partial charge in [-0.15, -0.1) is 0 Å². The van der Waals surface area contributed by atoms with Gasteiger partial charge >= 0.3 is 0 Å². The number of carbonyl (C=O) groups is 5. The van der Waals surface area contributed by atoms with Crippen LogP contribution in [0.3, 0.4) is 0 Å². The topological polar surface area (TPSA) is 217 Å². The number of nitrogens with one attached hydrogen (secondary N) is 5. The Morgan fingerprint density at radius 3 is 2.58 bits per heavy atom. The van der Waals surface area contributed by atoms with E-state index in [1.54, 1.807) is 17.0 Å². The Kier molecular flexibility index (Phi) is 15.0. The number of aliphatic hydroxyl groups excluding tert-OH is 1. The van der Waals surface area contributed by atoms with Crippen molar-refractivity contribution in [2.24, 2.45) is 11.7 Å². The van der Waals surface area contributed by atoms with E-state index in [0.717, 1.165) is 23.3 Å². The minimum absolute atomic E-state index is 0.0724. The Morgan fingerprint density at radius 2 is 1.82 bits per heavy atom. The van der Waals surface area contributed by atoms with Crippen molar-refractivity contribution in [3.8, 4) is 0 Å². The van der Waals surface area contributed by atoms with Crippen LogP contribution in [0.25, 0.3) is 0 Å². The Labute approximate surface area is 291 Å². The average Bonchev–Trinajstić information content (AvgIpc) is 3.62. The first kappa shape index (κ1) is 38.2. The second-order valence-electron chi connectivity index (χ2n) is 12.5. The molecule has 0 saturated carbocycles. The highest BCUT2D eigenvalue weighted by atomic mass is 16.5. The van der Waals surface area contributed by atoms with Crippen LogP contribution < -0.4 is 32.3 Å². The minimum atomic E-state index is -1.16. The lowest BCUT2D eigenvalue weighted by Gasteiger charge is -2.37. The zero-order valence-corrected chi connectivity index (χ0v) is 28.4. The lowest BCUT2D eigenvalue weighted by atomic mass is 9.92. The molecule has 15 nitrogen and oxygen atoms in total. The molecule has 2 aliphatic heterocycles. The van der Waals surface area contributed by atoms with Crippen molar-refractivity contribution in [2.45, 2.75) is 69.9 Å². The summed E-state index contributed by atoms with van der Waals surface area (Å²) in [6.45, 7) is 3.39. The summed E-state index contributed by atoms with van der Waals surface area (Å²) in [5.41, 5.74) is 6.91. The molecule has 5 amide bonds. The van der Waals surface area contributed by atoms with Crippen LogP contribution in [0.5, 0.6) is 0 Å². The molecular weight excluding hydrogens is 646 g/mol. The number of hydrogen-bond donors (Lipinski definition) is 7. The van der Waals surface area contributed by atoms with Gasteiger partial charge in [-0.3, -0.25) is 29.3 Å². The average molecular weight is 696 g/mol. The number of nitrogens with two attached hydrogens (primary N) is 1. The van der Waals surface area contributed by atoms with E-state index < -0.39 is 47.9 Å². The third-order valence-electron chi connectivity index (χ3n) is 8.77. The van der Waals surface area contributed by atoms with Gasteiger partial charge in [-0.25, -0.2) is 0 Å². The summed E-state index contributed by atoms with van der Waals surface area (Å²) in [6.07, 6.45) is 4.06. The number of ether oxygens (including phenoxy) is 1. The number of aliphatic hydroxyl groups is 1. The Hall–Kier alpha value is -4.57. The van der Waals surface area contributed by atoms with Crippen molar-refractivity contribution >= 4 is 29.5 Å². The number of piperidine rings is 1. The van der Waals surface area contributed by atoms with Gasteiger partial charge in [-0.2, -0.15) is 0 Å². The fraction of sp³-hybridized carbons (Fsp3) is 0.514. The van der Waals surface area contributed by atoms with Crippen molar-refractivity contribution < 1.29 is 38.2 Å². The predicted molar refractivity (Wildman–Crippen MR) is 183 cm³/mol. The van der Waals surface area contributed by atoms with E-state index in [1.807, 2.05) is 31.2 Å². The molecule has 0 spiro atoms. The van der Waals surface area contributed by atoms with Crippen LogP contribution in [0.15, 0.2) is 59.2 Å². The van der Waals surface area contributed by atoms with Crippen LogP contribution in [0.1, 0.15) is 43.1 Å². The summed E-state index contributed by atoms with van der Waals surface area (Å²) in [6, 6.07) is 8.69. The lowest BCUT2D eigenvalue weighted by molar-refractivity contribution is -0.137. The Bertz CT molecular complexity index is 1470. The zero-order chi connectivity index (χ0) is 35.9. The lowest BCUT2D eigenvalue weighted by Crippen LogP contribution is -2.53. The number of fused-ring (bicyclic) bond motifs is 3. The molecule has 3 heterocycles. The molecular formula is C35H49N7O8. The van der Waals surface area contributed by atoms with Crippen molar-refractivity contribution in [3.63, 3.8) is 0 Å². The monoisotopic (exact) mass is 695 g/mol. The highest BCUT2D eigenvalue weighted by Gasteiger charge is 2.34. The highest BCUT2D eigenvalue weighted by Crippen LogP contribution is 2.23. The van der Waals surface area contributed by atoms with Gasteiger partial charge in [-0.1, -0.05) is 24.3 Å². The number of hydrogen-bond acceptors (Lipinski definition) is 10.